The fourth-order valence-corrected chi connectivity index (χ4v) is 3.13. The summed E-state index contributed by atoms with van der Waals surface area (Å²) in [5.74, 6) is 0. The van der Waals surface area contributed by atoms with E-state index in [9.17, 15) is 0 Å². The third-order valence-electron chi connectivity index (χ3n) is 4.30. The molecule has 19 heavy (non-hydrogen) atoms. The van der Waals surface area contributed by atoms with Crippen LogP contribution in [0.25, 0.3) is 0 Å². The fraction of sp³-hybridized carbons (Fsp3) is 0.625. The molecule has 0 amide bonds. The van der Waals surface area contributed by atoms with E-state index < -0.39 is 0 Å². The molecule has 2 unspecified atom stereocenters. The van der Waals surface area contributed by atoms with Gasteiger partial charge in [0.05, 0.1) is 6.10 Å². The highest BCUT2D eigenvalue weighted by Crippen LogP contribution is 2.26. The van der Waals surface area contributed by atoms with Gasteiger partial charge in [-0.05, 0) is 43.7 Å². The monoisotopic (exact) mass is 260 g/mol. The number of nitrogens with one attached hydrogen (secondary N) is 2. The number of fused-ring (bicyclic) bond motifs is 1. The van der Waals surface area contributed by atoms with Crippen LogP contribution in [0.3, 0.4) is 0 Å². The molecule has 1 aromatic carbocycles. The number of ether oxygens (including phenoxy) is 1. The SMILES string of the molecule is CC(NCc1cccc2c1NCCC2)C1CCCO1. The van der Waals surface area contributed by atoms with Gasteiger partial charge in [0, 0.05) is 31.4 Å². The maximum atomic E-state index is 5.74. The number of hydrogen-bond acceptors (Lipinski definition) is 3. The van der Waals surface area contributed by atoms with Crippen LogP contribution in [0.1, 0.15) is 37.3 Å². The molecule has 0 radical (unpaired) electrons. The molecule has 2 N–H and O–H groups in total. The molecule has 1 aromatic rings. The zero-order valence-corrected chi connectivity index (χ0v) is 11.7. The molecule has 1 saturated heterocycles. The second kappa shape index (κ2) is 5.93. The van der Waals surface area contributed by atoms with Gasteiger partial charge >= 0.3 is 0 Å². The quantitative estimate of drug-likeness (QED) is 0.873. The van der Waals surface area contributed by atoms with Gasteiger partial charge in [-0.25, -0.2) is 0 Å². The lowest BCUT2D eigenvalue weighted by Crippen LogP contribution is -2.36. The molecule has 0 saturated carbocycles. The van der Waals surface area contributed by atoms with Crippen molar-refractivity contribution >= 4 is 5.69 Å². The molecule has 2 atom stereocenters. The van der Waals surface area contributed by atoms with Crippen molar-refractivity contribution in [2.24, 2.45) is 0 Å². The number of rotatable bonds is 4. The summed E-state index contributed by atoms with van der Waals surface area (Å²) in [4.78, 5) is 0. The zero-order valence-electron chi connectivity index (χ0n) is 11.7. The Morgan fingerprint density at radius 3 is 3.21 bits per heavy atom. The van der Waals surface area contributed by atoms with Crippen molar-refractivity contribution in [3.8, 4) is 0 Å². The van der Waals surface area contributed by atoms with E-state index in [1.165, 1.54) is 42.5 Å². The third kappa shape index (κ3) is 2.93. The van der Waals surface area contributed by atoms with Crippen molar-refractivity contribution in [3.63, 3.8) is 0 Å². The predicted molar refractivity (Wildman–Crippen MR) is 78.5 cm³/mol. The van der Waals surface area contributed by atoms with Crippen LogP contribution in [0, 0.1) is 0 Å². The van der Waals surface area contributed by atoms with Crippen molar-refractivity contribution in [1.29, 1.82) is 0 Å². The maximum Gasteiger partial charge on any atom is 0.0726 e. The Labute approximate surface area is 115 Å². The molecule has 2 heterocycles. The second-order valence-corrected chi connectivity index (χ2v) is 5.70. The minimum atomic E-state index is 0.396. The lowest BCUT2D eigenvalue weighted by atomic mass is 9.99. The van der Waals surface area contributed by atoms with Gasteiger partial charge in [-0.15, -0.1) is 0 Å². The molecule has 2 aliphatic heterocycles. The molecule has 0 aliphatic carbocycles. The van der Waals surface area contributed by atoms with Crippen molar-refractivity contribution in [2.45, 2.75) is 51.3 Å². The van der Waals surface area contributed by atoms with Gasteiger partial charge in [0.15, 0.2) is 0 Å². The first-order chi connectivity index (χ1) is 9.34. The topological polar surface area (TPSA) is 33.3 Å². The third-order valence-corrected chi connectivity index (χ3v) is 4.30. The largest absolute Gasteiger partial charge is 0.385 e. The van der Waals surface area contributed by atoms with Gasteiger partial charge in [0.25, 0.3) is 0 Å². The Hall–Kier alpha value is -1.06. The number of aryl methyl sites for hydroxylation is 1. The van der Waals surface area contributed by atoms with Gasteiger partial charge in [0.2, 0.25) is 0 Å². The van der Waals surface area contributed by atoms with Crippen LogP contribution in [0.4, 0.5) is 5.69 Å². The number of benzene rings is 1. The summed E-state index contributed by atoms with van der Waals surface area (Å²) in [6.45, 7) is 5.19. The Balaban J connectivity index is 1.63. The van der Waals surface area contributed by atoms with E-state index in [-0.39, 0.29) is 0 Å². The molecule has 1 fully saturated rings. The van der Waals surface area contributed by atoms with Crippen LogP contribution in [-0.4, -0.2) is 25.3 Å². The normalized spacial score (nSPS) is 23.7. The molecule has 104 valence electrons. The van der Waals surface area contributed by atoms with Crippen LogP contribution in [-0.2, 0) is 17.7 Å². The molecule has 0 bridgehead atoms. The van der Waals surface area contributed by atoms with Gasteiger partial charge in [0.1, 0.15) is 0 Å². The fourth-order valence-electron chi connectivity index (χ4n) is 3.13. The Morgan fingerprint density at radius 1 is 1.42 bits per heavy atom. The Bertz CT molecular complexity index is 427. The van der Waals surface area contributed by atoms with E-state index in [0.717, 1.165) is 19.7 Å². The standard InChI is InChI=1S/C16H24N2O/c1-12(15-8-4-10-19-15)18-11-14-6-2-5-13-7-3-9-17-16(13)14/h2,5-6,12,15,17-18H,3-4,7-11H2,1H3. The zero-order chi connectivity index (χ0) is 13.1. The summed E-state index contributed by atoms with van der Waals surface area (Å²) in [5, 5.41) is 7.18. The molecule has 0 aromatic heterocycles. The van der Waals surface area contributed by atoms with Crippen LogP contribution < -0.4 is 10.6 Å². The van der Waals surface area contributed by atoms with E-state index in [2.05, 4.69) is 35.8 Å². The molecule has 2 aliphatic rings. The van der Waals surface area contributed by atoms with Gasteiger partial charge < -0.3 is 15.4 Å². The van der Waals surface area contributed by atoms with Crippen molar-refractivity contribution in [1.82, 2.24) is 5.32 Å². The molecule has 3 heteroatoms. The van der Waals surface area contributed by atoms with Gasteiger partial charge in [-0.1, -0.05) is 18.2 Å². The average molecular weight is 260 g/mol. The Morgan fingerprint density at radius 2 is 2.37 bits per heavy atom. The summed E-state index contributed by atoms with van der Waals surface area (Å²) in [6.07, 6.45) is 5.25. The van der Waals surface area contributed by atoms with E-state index in [4.69, 9.17) is 4.74 Å². The minimum Gasteiger partial charge on any atom is -0.385 e. The van der Waals surface area contributed by atoms with Crippen LogP contribution in [0.2, 0.25) is 0 Å². The van der Waals surface area contributed by atoms with E-state index in [1.54, 1.807) is 0 Å². The summed E-state index contributed by atoms with van der Waals surface area (Å²) in [6, 6.07) is 7.09. The number of anilines is 1. The van der Waals surface area contributed by atoms with Gasteiger partial charge in [-0.3, -0.25) is 0 Å². The smallest absolute Gasteiger partial charge is 0.0726 e. The molecule has 3 nitrogen and oxygen atoms in total. The van der Waals surface area contributed by atoms with Crippen LogP contribution in [0.5, 0.6) is 0 Å². The Kier molecular flexibility index (Phi) is 4.04. The number of hydrogen-bond donors (Lipinski definition) is 2. The molecule has 0 spiro atoms. The van der Waals surface area contributed by atoms with Crippen molar-refractivity contribution in [2.75, 3.05) is 18.5 Å². The minimum absolute atomic E-state index is 0.396. The molecular weight excluding hydrogens is 236 g/mol. The van der Waals surface area contributed by atoms with E-state index in [0.29, 0.717) is 12.1 Å². The van der Waals surface area contributed by atoms with Gasteiger partial charge in [-0.2, -0.15) is 0 Å². The lowest BCUT2D eigenvalue weighted by molar-refractivity contribution is 0.0832. The summed E-state index contributed by atoms with van der Waals surface area (Å²) in [7, 11) is 0. The van der Waals surface area contributed by atoms with Crippen LogP contribution >= 0.6 is 0 Å². The van der Waals surface area contributed by atoms with Crippen molar-refractivity contribution < 1.29 is 4.74 Å². The highest BCUT2D eigenvalue weighted by molar-refractivity contribution is 5.59. The predicted octanol–water partition coefficient (Wildman–Crippen LogP) is 2.70. The molecule has 3 rings (SSSR count). The van der Waals surface area contributed by atoms with Crippen molar-refractivity contribution in [3.05, 3.63) is 29.3 Å². The average Bonchev–Trinajstić information content (AvgIpc) is 2.99. The highest BCUT2D eigenvalue weighted by Gasteiger charge is 2.22. The first-order valence-electron chi connectivity index (χ1n) is 7.54. The second-order valence-electron chi connectivity index (χ2n) is 5.70. The summed E-state index contributed by atoms with van der Waals surface area (Å²) < 4.78 is 5.74. The summed E-state index contributed by atoms with van der Waals surface area (Å²) in [5.41, 5.74) is 4.22. The summed E-state index contributed by atoms with van der Waals surface area (Å²) >= 11 is 0. The lowest BCUT2D eigenvalue weighted by Gasteiger charge is -2.24. The highest BCUT2D eigenvalue weighted by atomic mass is 16.5. The van der Waals surface area contributed by atoms with E-state index >= 15 is 0 Å². The number of para-hydroxylation sites is 1. The first-order valence-corrected chi connectivity index (χ1v) is 7.54. The molecular formula is C16H24N2O. The van der Waals surface area contributed by atoms with Crippen LogP contribution in [0.15, 0.2) is 18.2 Å². The maximum absolute atomic E-state index is 5.74. The van der Waals surface area contributed by atoms with E-state index in [1.807, 2.05) is 0 Å². The first kappa shape index (κ1) is 12.9.